The van der Waals surface area contributed by atoms with Crippen molar-refractivity contribution in [3.05, 3.63) is 77.4 Å². The van der Waals surface area contributed by atoms with Crippen LogP contribution in [-0.4, -0.2) is 21.4 Å². The van der Waals surface area contributed by atoms with Gasteiger partial charge in [0, 0.05) is 30.2 Å². The molecule has 2 amide bonds. The van der Waals surface area contributed by atoms with Crippen molar-refractivity contribution in [1.82, 2.24) is 14.9 Å². The summed E-state index contributed by atoms with van der Waals surface area (Å²) in [6, 6.07) is 13.0. The van der Waals surface area contributed by atoms with Crippen LogP contribution < -0.4 is 10.6 Å². The summed E-state index contributed by atoms with van der Waals surface area (Å²) >= 11 is 0. The Morgan fingerprint density at radius 3 is 2.57 bits per heavy atom. The van der Waals surface area contributed by atoms with Gasteiger partial charge in [0.1, 0.15) is 0 Å². The molecule has 6 heteroatoms. The van der Waals surface area contributed by atoms with E-state index in [0.29, 0.717) is 11.3 Å². The third-order valence-corrected chi connectivity index (χ3v) is 4.63. The lowest BCUT2D eigenvalue weighted by Gasteiger charge is -2.16. The van der Waals surface area contributed by atoms with Crippen molar-refractivity contribution in [2.24, 2.45) is 0 Å². The number of benzene rings is 1. The molecule has 3 rings (SSSR count). The molecule has 0 aliphatic carbocycles. The minimum absolute atomic E-state index is 0.128. The molecule has 1 aromatic carbocycles. The zero-order valence-corrected chi connectivity index (χ0v) is 16.5. The number of hydrogen-bond acceptors (Lipinski definition) is 3. The van der Waals surface area contributed by atoms with E-state index in [1.165, 1.54) is 6.92 Å². The number of rotatable bonds is 5. The number of hydrogen-bond donors (Lipinski definition) is 2. The quantitative estimate of drug-likeness (QED) is 0.708. The molecule has 2 N–H and O–H groups in total. The van der Waals surface area contributed by atoms with Crippen molar-refractivity contribution in [2.75, 3.05) is 5.32 Å². The molecular formula is C22H24N4O2. The molecule has 3 aromatic rings. The largest absolute Gasteiger partial charge is 0.345 e. The molecule has 6 nitrogen and oxygen atoms in total. The first-order valence-electron chi connectivity index (χ1n) is 9.14. The Labute approximate surface area is 164 Å². The van der Waals surface area contributed by atoms with Crippen LogP contribution in [0.25, 0.3) is 5.69 Å². The number of nitrogens with one attached hydrogen (secondary N) is 2. The normalized spacial score (nSPS) is 11.7. The van der Waals surface area contributed by atoms with E-state index in [2.05, 4.69) is 15.6 Å². The number of amides is 2. The molecule has 1 atom stereocenters. The molecule has 0 saturated carbocycles. The molecule has 0 fully saturated rings. The van der Waals surface area contributed by atoms with Gasteiger partial charge in [-0.1, -0.05) is 12.1 Å². The van der Waals surface area contributed by atoms with Gasteiger partial charge in [-0.3, -0.25) is 14.6 Å². The van der Waals surface area contributed by atoms with Gasteiger partial charge in [0.2, 0.25) is 5.91 Å². The molecule has 28 heavy (non-hydrogen) atoms. The maximum atomic E-state index is 12.9. The van der Waals surface area contributed by atoms with Crippen molar-refractivity contribution >= 4 is 17.5 Å². The lowest BCUT2D eigenvalue weighted by Crippen LogP contribution is -2.27. The highest BCUT2D eigenvalue weighted by atomic mass is 16.2. The Morgan fingerprint density at radius 1 is 1.11 bits per heavy atom. The first kappa shape index (κ1) is 19.4. The van der Waals surface area contributed by atoms with Gasteiger partial charge in [-0.2, -0.15) is 0 Å². The van der Waals surface area contributed by atoms with Crippen LogP contribution in [0.15, 0.2) is 54.9 Å². The van der Waals surface area contributed by atoms with Crippen LogP contribution in [-0.2, 0) is 4.79 Å². The van der Waals surface area contributed by atoms with Crippen molar-refractivity contribution in [3.63, 3.8) is 0 Å². The smallest absolute Gasteiger partial charge is 0.253 e. The minimum atomic E-state index is -0.206. The number of carbonyl (C=O) groups excluding carboxylic acids is 2. The summed E-state index contributed by atoms with van der Waals surface area (Å²) in [4.78, 5) is 28.3. The molecule has 0 radical (unpaired) electrons. The highest BCUT2D eigenvalue weighted by Gasteiger charge is 2.19. The van der Waals surface area contributed by atoms with Gasteiger partial charge in [-0.05, 0) is 56.7 Å². The number of carbonyl (C=O) groups is 2. The van der Waals surface area contributed by atoms with Crippen LogP contribution >= 0.6 is 0 Å². The third-order valence-electron chi connectivity index (χ3n) is 4.63. The Kier molecular flexibility index (Phi) is 5.59. The topological polar surface area (TPSA) is 76.0 Å². The highest BCUT2D eigenvalue weighted by molar-refractivity contribution is 5.96. The number of aromatic nitrogens is 2. The van der Waals surface area contributed by atoms with E-state index < -0.39 is 0 Å². The minimum Gasteiger partial charge on any atom is -0.345 e. The molecule has 0 aliphatic heterocycles. The molecule has 144 valence electrons. The van der Waals surface area contributed by atoms with Crippen LogP contribution in [0.2, 0.25) is 0 Å². The van der Waals surface area contributed by atoms with Gasteiger partial charge in [0.05, 0.1) is 23.5 Å². The maximum absolute atomic E-state index is 12.9. The predicted octanol–water partition coefficient (Wildman–Crippen LogP) is 3.94. The van der Waals surface area contributed by atoms with Gasteiger partial charge in [0.25, 0.3) is 5.91 Å². The third kappa shape index (κ3) is 4.11. The average Bonchev–Trinajstić information content (AvgIpc) is 2.96. The molecule has 0 spiro atoms. The van der Waals surface area contributed by atoms with Crippen molar-refractivity contribution in [2.45, 2.75) is 33.7 Å². The van der Waals surface area contributed by atoms with Gasteiger partial charge in [-0.25, -0.2) is 0 Å². The molecule has 2 heterocycles. The van der Waals surface area contributed by atoms with Crippen LogP contribution in [0, 0.1) is 13.8 Å². The van der Waals surface area contributed by atoms with E-state index >= 15 is 0 Å². The van der Waals surface area contributed by atoms with E-state index in [0.717, 1.165) is 22.6 Å². The van der Waals surface area contributed by atoms with E-state index in [1.807, 2.05) is 67.8 Å². The van der Waals surface area contributed by atoms with Gasteiger partial charge in [-0.15, -0.1) is 0 Å². The molecule has 2 aromatic heterocycles. The predicted molar refractivity (Wildman–Crippen MR) is 110 cm³/mol. The summed E-state index contributed by atoms with van der Waals surface area (Å²) in [6.45, 7) is 7.29. The molecule has 1 unspecified atom stereocenters. The number of aryl methyl sites for hydroxylation is 1. The van der Waals surface area contributed by atoms with Crippen LogP contribution in [0.5, 0.6) is 0 Å². The van der Waals surface area contributed by atoms with E-state index in [9.17, 15) is 9.59 Å². The zero-order valence-electron chi connectivity index (χ0n) is 16.5. The summed E-state index contributed by atoms with van der Waals surface area (Å²) in [6.07, 6.45) is 3.50. The van der Waals surface area contributed by atoms with E-state index in [1.54, 1.807) is 12.4 Å². The first-order valence-corrected chi connectivity index (χ1v) is 9.14. The lowest BCUT2D eigenvalue weighted by atomic mass is 10.1. The second-order valence-electron chi connectivity index (χ2n) is 6.83. The molecule has 0 aliphatic rings. The fraction of sp³-hybridized carbons (Fsp3) is 0.227. The molecule has 0 saturated heterocycles. The Hall–Kier alpha value is -3.41. The Morgan fingerprint density at radius 2 is 1.89 bits per heavy atom. The van der Waals surface area contributed by atoms with Crippen molar-refractivity contribution < 1.29 is 9.59 Å². The zero-order chi connectivity index (χ0) is 20.3. The summed E-state index contributed by atoms with van der Waals surface area (Å²) in [5.41, 5.74) is 5.01. The second kappa shape index (κ2) is 8.08. The molecular weight excluding hydrogens is 352 g/mol. The van der Waals surface area contributed by atoms with E-state index in [-0.39, 0.29) is 17.9 Å². The van der Waals surface area contributed by atoms with Gasteiger partial charge < -0.3 is 15.2 Å². The Balaban J connectivity index is 1.81. The summed E-state index contributed by atoms with van der Waals surface area (Å²) in [7, 11) is 0. The van der Waals surface area contributed by atoms with Gasteiger partial charge >= 0.3 is 0 Å². The lowest BCUT2D eigenvalue weighted by molar-refractivity contribution is -0.114. The van der Waals surface area contributed by atoms with Crippen LogP contribution in [0.1, 0.15) is 47.2 Å². The van der Waals surface area contributed by atoms with Gasteiger partial charge in [0.15, 0.2) is 0 Å². The standard InChI is InChI=1S/C22H24N4O2/c1-14-11-21(16(3)26(14)20-9-6-10-23-13-20)22(28)24-15(2)18-7-5-8-19(12-18)25-17(4)27/h5-13,15H,1-4H3,(H,24,28)(H,25,27). The summed E-state index contributed by atoms with van der Waals surface area (Å²) in [5.74, 6) is -0.266. The molecule has 0 bridgehead atoms. The SMILES string of the molecule is CC(=O)Nc1cccc(C(C)NC(=O)c2cc(C)n(-c3cccnc3)c2C)c1. The average molecular weight is 376 g/mol. The fourth-order valence-corrected chi connectivity index (χ4v) is 3.32. The monoisotopic (exact) mass is 376 g/mol. The fourth-order valence-electron chi connectivity index (χ4n) is 3.32. The van der Waals surface area contributed by atoms with Crippen molar-refractivity contribution in [3.8, 4) is 5.69 Å². The second-order valence-corrected chi connectivity index (χ2v) is 6.83. The van der Waals surface area contributed by atoms with Crippen LogP contribution in [0.4, 0.5) is 5.69 Å². The number of nitrogens with zero attached hydrogens (tertiary/aromatic N) is 2. The van der Waals surface area contributed by atoms with E-state index in [4.69, 9.17) is 0 Å². The first-order chi connectivity index (χ1) is 13.4. The Bertz CT molecular complexity index is 1010. The summed E-state index contributed by atoms with van der Waals surface area (Å²) in [5, 5.41) is 5.81. The number of pyridine rings is 1. The number of anilines is 1. The van der Waals surface area contributed by atoms with Crippen LogP contribution in [0.3, 0.4) is 0 Å². The maximum Gasteiger partial charge on any atom is 0.253 e. The summed E-state index contributed by atoms with van der Waals surface area (Å²) < 4.78 is 2.02. The van der Waals surface area contributed by atoms with Crippen molar-refractivity contribution in [1.29, 1.82) is 0 Å². The highest BCUT2D eigenvalue weighted by Crippen LogP contribution is 2.22.